The summed E-state index contributed by atoms with van der Waals surface area (Å²) in [4.78, 5) is -0.0876. The van der Waals surface area contributed by atoms with Crippen molar-refractivity contribution in [2.24, 2.45) is 0 Å². The molecule has 2 aromatic carbocycles. The van der Waals surface area contributed by atoms with Gasteiger partial charge in [0.1, 0.15) is 11.6 Å². The predicted octanol–water partition coefficient (Wildman–Crippen LogP) is 4.39. The van der Waals surface area contributed by atoms with Crippen LogP contribution in [0.1, 0.15) is 12.8 Å². The second-order valence-corrected chi connectivity index (χ2v) is 6.23. The molecule has 0 aliphatic carbocycles. The molecule has 0 N–H and O–H groups in total. The van der Waals surface area contributed by atoms with Gasteiger partial charge in [0.25, 0.3) is 0 Å². The molecule has 6 heteroatoms. The van der Waals surface area contributed by atoms with Crippen molar-refractivity contribution in [3.05, 3.63) is 60.4 Å². The largest absolute Gasteiger partial charge is 0.607 e. The van der Waals surface area contributed by atoms with Gasteiger partial charge in [-0.3, -0.25) is 0 Å². The Balaban J connectivity index is 1.83. The zero-order chi connectivity index (χ0) is 16.0. The van der Waals surface area contributed by atoms with Gasteiger partial charge in [0.15, 0.2) is 4.90 Å². The van der Waals surface area contributed by atoms with Gasteiger partial charge < -0.3 is 9.29 Å². The maximum Gasteiger partial charge on any atom is 0.411 e. The summed E-state index contributed by atoms with van der Waals surface area (Å²) in [6, 6.07) is 13.1. The van der Waals surface area contributed by atoms with E-state index in [0.29, 0.717) is 5.75 Å². The summed E-state index contributed by atoms with van der Waals surface area (Å²) < 4.78 is 57.7. The van der Waals surface area contributed by atoms with Crippen molar-refractivity contribution >= 4 is 11.2 Å². The lowest BCUT2D eigenvalue weighted by Gasteiger charge is -2.20. The summed E-state index contributed by atoms with van der Waals surface area (Å²) in [5, 5.41) is -3.38. The number of halogens is 3. The minimum absolute atomic E-state index is 0.0643. The number of ether oxygens (including phenoxy) is 1. The van der Waals surface area contributed by atoms with Crippen molar-refractivity contribution in [3.63, 3.8) is 0 Å². The van der Waals surface area contributed by atoms with Gasteiger partial charge in [0.05, 0.1) is 24.2 Å². The normalized spacial score (nSPS) is 12.9. The molecule has 0 fully saturated rings. The summed E-state index contributed by atoms with van der Waals surface area (Å²) in [5.41, 5.74) is 0. The third-order valence-corrected chi connectivity index (χ3v) is 4.37. The van der Waals surface area contributed by atoms with Gasteiger partial charge in [-0.25, -0.2) is 4.39 Å². The van der Waals surface area contributed by atoms with Crippen molar-refractivity contribution in [3.8, 4) is 5.75 Å². The third kappa shape index (κ3) is 4.68. The first kappa shape index (κ1) is 16.7. The molecule has 118 valence electrons. The molecule has 0 saturated carbocycles. The molecular formula is C16H15F3O2S. The molecule has 0 bridgehead atoms. The lowest BCUT2D eigenvalue weighted by atomic mass is 10.3. The van der Waals surface area contributed by atoms with Crippen molar-refractivity contribution in [1.29, 1.82) is 0 Å². The summed E-state index contributed by atoms with van der Waals surface area (Å²) in [6.45, 7) is 0.111. The van der Waals surface area contributed by atoms with Crippen molar-refractivity contribution in [2.45, 2.75) is 23.0 Å². The summed E-state index contributed by atoms with van der Waals surface area (Å²) in [5.74, 6) is 0.0470. The maximum atomic E-state index is 13.9. The second kappa shape index (κ2) is 7.56. The van der Waals surface area contributed by atoms with E-state index in [0.717, 1.165) is 24.3 Å². The van der Waals surface area contributed by atoms with Crippen LogP contribution < -0.4 is 4.74 Å². The Morgan fingerprint density at radius 1 is 1.00 bits per heavy atom. The van der Waals surface area contributed by atoms with Crippen molar-refractivity contribution in [2.75, 3.05) is 6.61 Å². The average molecular weight is 328 g/mol. The molecular weight excluding hydrogens is 313 g/mol. The van der Waals surface area contributed by atoms with Crippen LogP contribution in [0.15, 0.2) is 59.5 Å². The zero-order valence-corrected chi connectivity index (χ0v) is 12.5. The highest BCUT2D eigenvalue weighted by molar-refractivity contribution is 7.92. The van der Waals surface area contributed by atoms with E-state index in [1.54, 1.807) is 24.3 Å². The first-order valence-electron chi connectivity index (χ1n) is 6.72. The monoisotopic (exact) mass is 328 g/mol. The molecule has 0 spiro atoms. The van der Waals surface area contributed by atoms with Gasteiger partial charge in [0, 0.05) is 0 Å². The Bertz CT molecular complexity index is 576. The van der Waals surface area contributed by atoms with E-state index in [4.69, 9.17) is 4.74 Å². The Morgan fingerprint density at radius 2 is 1.64 bits per heavy atom. The van der Waals surface area contributed by atoms with E-state index in [1.807, 2.05) is 6.07 Å². The molecule has 0 aliphatic rings. The Hall–Kier alpha value is -1.66. The molecule has 0 heterocycles. The van der Waals surface area contributed by atoms with E-state index in [2.05, 4.69) is 0 Å². The van der Waals surface area contributed by atoms with Gasteiger partial charge in [-0.1, -0.05) is 18.2 Å². The highest BCUT2D eigenvalue weighted by atomic mass is 32.2. The minimum Gasteiger partial charge on any atom is -0.607 e. The standard InChI is InChI=1S/C16H15F3O2S/c17-13-7-9-15(10-8-13)22(20)16(18,19)11-4-12-21-14-5-2-1-3-6-14/h1-3,5-10H,4,11-12H2. The van der Waals surface area contributed by atoms with E-state index < -0.39 is 28.7 Å². The Kier molecular flexibility index (Phi) is 5.74. The van der Waals surface area contributed by atoms with E-state index >= 15 is 0 Å². The number of hydrogen-bond acceptors (Lipinski definition) is 2. The van der Waals surface area contributed by atoms with Crippen LogP contribution in [0.4, 0.5) is 13.2 Å². The van der Waals surface area contributed by atoms with Crippen LogP contribution in [0.2, 0.25) is 0 Å². The van der Waals surface area contributed by atoms with Crippen LogP contribution in [-0.4, -0.2) is 16.4 Å². The van der Waals surface area contributed by atoms with Crippen LogP contribution >= 0.6 is 0 Å². The zero-order valence-electron chi connectivity index (χ0n) is 11.7. The fourth-order valence-electron chi connectivity index (χ4n) is 1.81. The average Bonchev–Trinajstić information content (AvgIpc) is 2.53. The topological polar surface area (TPSA) is 32.3 Å². The maximum absolute atomic E-state index is 13.9. The molecule has 0 radical (unpaired) electrons. The van der Waals surface area contributed by atoms with Gasteiger partial charge >= 0.3 is 5.25 Å². The lowest BCUT2D eigenvalue weighted by molar-refractivity contribution is 0.0745. The molecule has 2 aromatic rings. The number of para-hydroxylation sites is 1. The SMILES string of the molecule is [O-][S+](c1ccc(F)cc1)C(F)(F)CCCOc1ccccc1. The Morgan fingerprint density at radius 3 is 2.27 bits per heavy atom. The van der Waals surface area contributed by atoms with Gasteiger partial charge in [-0.2, -0.15) is 8.78 Å². The quantitative estimate of drug-likeness (QED) is 0.558. The van der Waals surface area contributed by atoms with E-state index in [1.165, 1.54) is 0 Å². The third-order valence-electron chi connectivity index (χ3n) is 2.92. The summed E-state index contributed by atoms with van der Waals surface area (Å²) >= 11 is -2.51. The highest BCUT2D eigenvalue weighted by Gasteiger charge is 2.44. The smallest absolute Gasteiger partial charge is 0.411 e. The summed E-state index contributed by atoms with van der Waals surface area (Å²) in [6.07, 6.45) is -0.501. The Labute approximate surface area is 130 Å². The fourth-order valence-corrected chi connectivity index (χ4v) is 2.87. The van der Waals surface area contributed by atoms with Crippen LogP contribution in [0.25, 0.3) is 0 Å². The summed E-state index contributed by atoms with van der Waals surface area (Å²) in [7, 11) is 0. The molecule has 1 atom stereocenters. The van der Waals surface area contributed by atoms with Gasteiger partial charge in [0.2, 0.25) is 0 Å². The molecule has 2 rings (SSSR count). The van der Waals surface area contributed by atoms with Crippen LogP contribution in [0.3, 0.4) is 0 Å². The molecule has 0 amide bonds. The molecule has 0 aliphatic heterocycles. The van der Waals surface area contributed by atoms with E-state index in [-0.39, 0.29) is 17.9 Å². The van der Waals surface area contributed by atoms with Gasteiger partial charge in [-0.15, -0.1) is 0 Å². The molecule has 2 nitrogen and oxygen atoms in total. The first-order valence-corrected chi connectivity index (χ1v) is 7.87. The molecule has 1 unspecified atom stereocenters. The minimum atomic E-state index is -3.38. The molecule has 0 saturated heterocycles. The molecule has 22 heavy (non-hydrogen) atoms. The fraction of sp³-hybridized carbons (Fsp3) is 0.250. The van der Waals surface area contributed by atoms with Crippen molar-refractivity contribution < 1.29 is 22.5 Å². The van der Waals surface area contributed by atoms with E-state index in [9.17, 15) is 17.7 Å². The predicted molar refractivity (Wildman–Crippen MR) is 78.9 cm³/mol. The van der Waals surface area contributed by atoms with Crippen LogP contribution in [0, 0.1) is 5.82 Å². The van der Waals surface area contributed by atoms with Crippen molar-refractivity contribution in [1.82, 2.24) is 0 Å². The highest BCUT2D eigenvalue weighted by Crippen LogP contribution is 2.33. The van der Waals surface area contributed by atoms with Crippen LogP contribution in [0.5, 0.6) is 5.75 Å². The molecule has 0 aromatic heterocycles. The lowest BCUT2D eigenvalue weighted by Crippen LogP contribution is -2.29. The number of benzene rings is 2. The van der Waals surface area contributed by atoms with Gasteiger partial charge in [-0.05, 0) is 42.8 Å². The first-order chi connectivity index (χ1) is 10.5. The number of hydrogen-bond donors (Lipinski definition) is 0. The number of rotatable bonds is 7. The number of alkyl halides is 2. The second-order valence-electron chi connectivity index (χ2n) is 4.63. The van der Waals surface area contributed by atoms with Crippen LogP contribution in [-0.2, 0) is 11.2 Å².